The summed E-state index contributed by atoms with van der Waals surface area (Å²) in [6.45, 7) is 0. The van der Waals surface area contributed by atoms with E-state index in [4.69, 9.17) is 0 Å². The van der Waals surface area contributed by atoms with Crippen molar-refractivity contribution < 1.29 is 4.39 Å². The number of nitrogens with zero attached hydrogens (tertiary/aromatic N) is 5. The molecule has 2 rings (SSSR count). The van der Waals surface area contributed by atoms with Crippen LogP contribution in [0.1, 0.15) is 0 Å². The Morgan fingerprint density at radius 1 is 1.27 bits per heavy atom. The highest BCUT2D eigenvalue weighted by atomic mass is 19.1. The van der Waals surface area contributed by atoms with E-state index in [2.05, 4.69) is 15.4 Å². The summed E-state index contributed by atoms with van der Waals surface area (Å²) in [5, 5.41) is 11.1. The first-order valence-corrected chi connectivity index (χ1v) is 3.08. The highest BCUT2D eigenvalue weighted by molar-refractivity contribution is 5.69. The zero-order valence-electron chi connectivity index (χ0n) is 6.11. The van der Waals surface area contributed by atoms with E-state index in [1.54, 1.807) is 7.05 Å². The fourth-order valence-corrected chi connectivity index (χ4v) is 0.937. The van der Waals surface area contributed by atoms with Crippen molar-refractivity contribution in [1.82, 2.24) is 24.8 Å². The van der Waals surface area contributed by atoms with Crippen LogP contribution in [0.4, 0.5) is 4.39 Å². The molecule has 0 bridgehead atoms. The van der Waals surface area contributed by atoms with Crippen LogP contribution in [0.3, 0.4) is 0 Å². The molecule has 2 aromatic rings. The maximum Gasteiger partial charge on any atom is 0.241 e. The van der Waals surface area contributed by atoms with Crippen LogP contribution in [0.15, 0.2) is 0 Å². The average molecular weight is 155 g/mol. The Balaban J connectivity index is 2.93. The number of fused-ring (bicyclic) bond motifs is 1. The van der Waals surface area contributed by atoms with Gasteiger partial charge < -0.3 is 0 Å². The highest BCUT2D eigenvalue weighted by Crippen LogP contribution is 2.10. The van der Waals surface area contributed by atoms with E-state index in [0.29, 0.717) is 5.65 Å². The monoisotopic (exact) mass is 155 g/mol. The lowest BCUT2D eigenvalue weighted by atomic mass is 10.6. The molecular formula is C5H6FN5. The molecule has 0 aliphatic rings. The summed E-state index contributed by atoms with van der Waals surface area (Å²) in [6, 6.07) is 0. The zero-order chi connectivity index (χ0) is 8.01. The molecule has 0 radical (unpaired) electrons. The summed E-state index contributed by atoms with van der Waals surface area (Å²) in [5.74, 6) is -0.451. The maximum absolute atomic E-state index is 13.0. The van der Waals surface area contributed by atoms with E-state index < -0.39 is 5.95 Å². The van der Waals surface area contributed by atoms with E-state index in [0.717, 1.165) is 4.68 Å². The minimum atomic E-state index is -0.451. The van der Waals surface area contributed by atoms with Gasteiger partial charge in [-0.3, -0.25) is 0 Å². The molecule has 0 fully saturated rings. The van der Waals surface area contributed by atoms with Crippen LogP contribution in [0.2, 0.25) is 0 Å². The molecule has 0 aliphatic carbocycles. The van der Waals surface area contributed by atoms with Gasteiger partial charge in [-0.05, 0) is 0 Å². The Hall–Kier alpha value is -1.46. The van der Waals surface area contributed by atoms with Crippen LogP contribution in [0, 0.1) is 5.95 Å². The maximum atomic E-state index is 13.0. The number of halogens is 1. The van der Waals surface area contributed by atoms with Crippen molar-refractivity contribution in [3.05, 3.63) is 5.95 Å². The van der Waals surface area contributed by atoms with Crippen LogP contribution < -0.4 is 0 Å². The smallest absolute Gasteiger partial charge is 0.239 e. The van der Waals surface area contributed by atoms with Crippen molar-refractivity contribution in [2.24, 2.45) is 14.1 Å². The van der Waals surface area contributed by atoms with Crippen molar-refractivity contribution >= 4 is 11.2 Å². The molecule has 6 heteroatoms. The molecule has 0 N–H and O–H groups in total. The van der Waals surface area contributed by atoms with Crippen LogP contribution in [0.5, 0.6) is 0 Å². The predicted octanol–water partition coefficient (Wildman–Crippen LogP) is -0.159. The molecule has 0 atom stereocenters. The van der Waals surface area contributed by atoms with E-state index >= 15 is 0 Å². The number of aryl methyl sites for hydroxylation is 2. The van der Waals surface area contributed by atoms with Crippen LogP contribution in [-0.4, -0.2) is 24.8 Å². The molecule has 0 aromatic carbocycles. The van der Waals surface area contributed by atoms with E-state index in [-0.39, 0.29) is 5.52 Å². The molecule has 0 saturated carbocycles. The van der Waals surface area contributed by atoms with Crippen LogP contribution in [0.25, 0.3) is 11.2 Å². The summed E-state index contributed by atoms with van der Waals surface area (Å²) in [5.41, 5.74) is 0.681. The van der Waals surface area contributed by atoms with Gasteiger partial charge in [0, 0.05) is 14.1 Å². The Labute approximate surface area is 61.4 Å². The number of rotatable bonds is 0. The lowest BCUT2D eigenvalue weighted by Crippen LogP contribution is -1.97. The highest BCUT2D eigenvalue weighted by Gasteiger charge is 2.12. The summed E-state index contributed by atoms with van der Waals surface area (Å²) in [4.78, 5) is 0. The first-order chi connectivity index (χ1) is 5.20. The predicted molar refractivity (Wildman–Crippen MR) is 35.2 cm³/mol. The Bertz CT molecular complexity index is 400. The Morgan fingerprint density at radius 3 is 2.64 bits per heavy atom. The molecule has 5 nitrogen and oxygen atoms in total. The molecule has 0 amide bonds. The summed E-state index contributed by atoms with van der Waals surface area (Å²) >= 11 is 0. The van der Waals surface area contributed by atoms with Crippen molar-refractivity contribution in [3.8, 4) is 0 Å². The normalized spacial score (nSPS) is 11.2. The van der Waals surface area contributed by atoms with Gasteiger partial charge in [0.25, 0.3) is 0 Å². The zero-order valence-corrected chi connectivity index (χ0v) is 6.11. The number of hydrogen-bond acceptors (Lipinski definition) is 3. The fourth-order valence-electron chi connectivity index (χ4n) is 0.937. The second-order valence-corrected chi connectivity index (χ2v) is 2.30. The molecule has 0 unspecified atom stereocenters. The van der Waals surface area contributed by atoms with Crippen molar-refractivity contribution in [1.29, 1.82) is 0 Å². The Morgan fingerprint density at radius 2 is 2.00 bits per heavy atom. The number of hydrogen-bond donors (Lipinski definition) is 0. The lowest BCUT2D eigenvalue weighted by Gasteiger charge is -1.86. The third kappa shape index (κ3) is 0.659. The second-order valence-electron chi connectivity index (χ2n) is 2.30. The summed E-state index contributed by atoms with van der Waals surface area (Å²) in [6.07, 6.45) is 0. The van der Waals surface area contributed by atoms with Gasteiger partial charge in [-0.1, -0.05) is 5.21 Å². The van der Waals surface area contributed by atoms with Gasteiger partial charge in [0.1, 0.15) is 0 Å². The quantitative estimate of drug-likeness (QED) is 0.531. The summed E-state index contributed by atoms with van der Waals surface area (Å²) in [7, 11) is 3.19. The first-order valence-electron chi connectivity index (χ1n) is 3.08. The van der Waals surface area contributed by atoms with Gasteiger partial charge in [-0.2, -0.15) is 4.39 Å². The van der Waals surface area contributed by atoms with Crippen molar-refractivity contribution in [2.75, 3.05) is 0 Å². The number of aromatic nitrogens is 5. The van der Waals surface area contributed by atoms with Gasteiger partial charge in [0.2, 0.25) is 11.6 Å². The van der Waals surface area contributed by atoms with Gasteiger partial charge >= 0.3 is 0 Å². The molecule has 2 heterocycles. The third-order valence-electron chi connectivity index (χ3n) is 1.52. The van der Waals surface area contributed by atoms with E-state index in [9.17, 15) is 4.39 Å². The topological polar surface area (TPSA) is 48.5 Å². The molecule has 58 valence electrons. The SMILES string of the molecule is Cn1nc2c(nnn2C)c1F. The minimum absolute atomic E-state index is 0.218. The molecule has 0 saturated heterocycles. The van der Waals surface area contributed by atoms with Crippen LogP contribution >= 0.6 is 0 Å². The largest absolute Gasteiger partial charge is 0.241 e. The van der Waals surface area contributed by atoms with Crippen LogP contribution in [-0.2, 0) is 14.1 Å². The molecule has 2 aromatic heterocycles. The van der Waals surface area contributed by atoms with E-state index in [1.165, 1.54) is 11.7 Å². The van der Waals surface area contributed by atoms with E-state index in [1.807, 2.05) is 0 Å². The van der Waals surface area contributed by atoms with Gasteiger partial charge in [0.15, 0.2) is 5.52 Å². The Kier molecular flexibility index (Phi) is 1.01. The minimum Gasteiger partial charge on any atom is -0.239 e. The standard InChI is InChI=1S/C5H6FN5/c1-10-4(6)3-5(8-10)11(2)9-7-3/h1-2H3. The molecule has 0 spiro atoms. The van der Waals surface area contributed by atoms with Crippen molar-refractivity contribution in [2.45, 2.75) is 0 Å². The molecule has 0 aliphatic heterocycles. The third-order valence-corrected chi connectivity index (χ3v) is 1.52. The van der Waals surface area contributed by atoms with Gasteiger partial charge in [-0.15, -0.1) is 10.2 Å². The fraction of sp³-hybridized carbons (Fsp3) is 0.400. The molecular weight excluding hydrogens is 149 g/mol. The summed E-state index contributed by atoms with van der Waals surface area (Å²) < 4.78 is 15.5. The van der Waals surface area contributed by atoms with Gasteiger partial charge in [0.05, 0.1) is 0 Å². The van der Waals surface area contributed by atoms with Gasteiger partial charge in [-0.25, -0.2) is 9.36 Å². The lowest BCUT2D eigenvalue weighted by molar-refractivity contribution is 0.505. The van der Waals surface area contributed by atoms with Crippen molar-refractivity contribution in [3.63, 3.8) is 0 Å². The first kappa shape index (κ1) is 6.26. The molecule has 11 heavy (non-hydrogen) atoms. The second kappa shape index (κ2) is 1.77. The average Bonchev–Trinajstić information content (AvgIpc) is 2.43.